The second-order valence-electron chi connectivity index (χ2n) is 5.38. The average molecular weight is 245 g/mol. The molecule has 2 nitrogen and oxygen atoms in total. The Kier molecular flexibility index (Phi) is 4.20. The van der Waals surface area contributed by atoms with E-state index >= 15 is 0 Å². The van der Waals surface area contributed by atoms with E-state index in [0.717, 1.165) is 38.0 Å². The van der Waals surface area contributed by atoms with Gasteiger partial charge in [-0.1, -0.05) is 36.4 Å². The molecule has 0 radical (unpaired) electrons. The lowest BCUT2D eigenvalue weighted by atomic mass is 9.77. The Morgan fingerprint density at radius 2 is 1.94 bits per heavy atom. The number of nitrogens with zero attached hydrogens (tertiary/aromatic N) is 1. The fraction of sp³-hybridized carbons (Fsp3) is 0.500. The van der Waals surface area contributed by atoms with Crippen LogP contribution in [0.4, 0.5) is 0 Å². The van der Waals surface area contributed by atoms with E-state index in [2.05, 4.69) is 11.5 Å². The van der Waals surface area contributed by atoms with Crippen LogP contribution in [0.1, 0.15) is 25.3 Å². The number of hydrogen-bond acceptors (Lipinski definition) is 2. The van der Waals surface area contributed by atoms with Crippen LogP contribution < -0.4 is 0 Å². The SMILES string of the molecule is C=CCN1CCC(C(C)(O)c2ccccc2)CC1. The molecule has 0 bridgehead atoms. The molecule has 1 heterocycles. The standard InChI is InChI=1S/C16H23NO/c1-3-11-17-12-9-15(10-13-17)16(2,18)14-7-5-4-6-8-14/h3-8,15,18H,1,9-13H2,2H3. The number of aliphatic hydroxyl groups is 1. The van der Waals surface area contributed by atoms with Gasteiger partial charge in [0.15, 0.2) is 0 Å². The molecule has 0 saturated carbocycles. The monoisotopic (exact) mass is 245 g/mol. The Morgan fingerprint density at radius 3 is 2.50 bits per heavy atom. The molecular weight excluding hydrogens is 222 g/mol. The highest BCUT2D eigenvalue weighted by atomic mass is 16.3. The molecule has 0 aromatic heterocycles. The fourth-order valence-electron chi connectivity index (χ4n) is 2.87. The van der Waals surface area contributed by atoms with E-state index in [1.807, 2.05) is 43.3 Å². The molecule has 1 N–H and O–H groups in total. The molecule has 1 fully saturated rings. The van der Waals surface area contributed by atoms with Gasteiger partial charge in [0.05, 0.1) is 5.60 Å². The summed E-state index contributed by atoms with van der Waals surface area (Å²) in [5.74, 6) is 0.348. The van der Waals surface area contributed by atoms with Crippen LogP contribution in [0.15, 0.2) is 43.0 Å². The Balaban J connectivity index is 2.02. The van der Waals surface area contributed by atoms with E-state index in [1.165, 1.54) is 0 Å². The molecule has 1 unspecified atom stereocenters. The van der Waals surface area contributed by atoms with E-state index in [0.29, 0.717) is 5.92 Å². The van der Waals surface area contributed by atoms with Gasteiger partial charge in [-0.05, 0) is 44.3 Å². The fourth-order valence-corrected chi connectivity index (χ4v) is 2.87. The van der Waals surface area contributed by atoms with Crippen molar-refractivity contribution < 1.29 is 5.11 Å². The topological polar surface area (TPSA) is 23.5 Å². The highest BCUT2D eigenvalue weighted by Crippen LogP contribution is 2.35. The highest BCUT2D eigenvalue weighted by Gasteiger charge is 2.35. The molecule has 18 heavy (non-hydrogen) atoms. The Morgan fingerprint density at radius 1 is 1.33 bits per heavy atom. The van der Waals surface area contributed by atoms with Crippen molar-refractivity contribution in [3.63, 3.8) is 0 Å². The average Bonchev–Trinajstić information content (AvgIpc) is 2.41. The normalized spacial score (nSPS) is 21.4. The van der Waals surface area contributed by atoms with Crippen molar-refractivity contribution in [2.24, 2.45) is 5.92 Å². The van der Waals surface area contributed by atoms with Crippen LogP contribution in [0.5, 0.6) is 0 Å². The summed E-state index contributed by atoms with van der Waals surface area (Å²) >= 11 is 0. The quantitative estimate of drug-likeness (QED) is 0.825. The molecular formula is C16H23NO. The van der Waals surface area contributed by atoms with Crippen molar-refractivity contribution in [1.29, 1.82) is 0 Å². The maximum Gasteiger partial charge on any atom is 0.0897 e. The van der Waals surface area contributed by atoms with E-state index in [9.17, 15) is 5.11 Å². The molecule has 1 atom stereocenters. The van der Waals surface area contributed by atoms with Crippen LogP contribution in [-0.4, -0.2) is 29.6 Å². The van der Waals surface area contributed by atoms with Crippen molar-refractivity contribution >= 4 is 0 Å². The third kappa shape index (κ3) is 2.82. The lowest BCUT2D eigenvalue weighted by molar-refractivity contribution is -0.0317. The number of benzene rings is 1. The van der Waals surface area contributed by atoms with Gasteiger partial charge >= 0.3 is 0 Å². The summed E-state index contributed by atoms with van der Waals surface area (Å²) in [5, 5.41) is 10.8. The molecule has 0 aliphatic carbocycles. The maximum absolute atomic E-state index is 10.8. The minimum absolute atomic E-state index is 0.348. The summed E-state index contributed by atoms with van der Waals surface area (Å²) in [7, 11) is 0. The molecule has 1 aromatic rings. The van der Waals surface area contributed by atoms with Crippen LogP contribution in [0, 0.1) is 5.92 Å². The van der Waals surface area contributed by atoms with Gasteiger partial charge < -0.3 is 5.11 Å². The zero-order valence-corrected chi connectivity index (χ0v) is 11.2. The summed E-state index contributed by atoms with van der Waals surface area (Å²) in [6, 6.07) is 10.0. The Hall–Kier alpha value is -1.12. The summed E-state index contributed by atoms with van der Waals surface area (Å²) in [6.07, 6.45) is 4.06. The number of hydrogen-bond donors (Lipinski definition) is 1. The maximum atomic E-state index is 10.8. The van der Waals surface area contributed by atoms with Gasteiger partial charge in [-0.3, -0.25) is 4.90 Å². The Labute approximate surface area is 110 Å². The second kappa shape index (κ2) is 5.68. The second-order valence-corrected chi connectivity index (χ2v) is 5.38. The van der Waals surface area contributed by atoms with E-state index in [1.54, 1.807) is 0 Å². The lowest BCUT2D eigenvalue weighted by Gasteiger charge is -2.39. The first-order valence-electron chi connectivity index (χ1n) is 6.75. The molecule has 0 amide bonds. The number of piperidine rings is 1. The van der Waals surface area contributed by atoms with Gasteiger partial charge in [-0.25, -0.2) is 0 Å². The largest absolute Gasteiger partial charge is 0.385 e. The summed E-state index contributed by atoms with van der Waals surface area (Å²) in [4.78, 5) is 2.39. The van der Waals surface area contributed by atoms with Gasteiger partial charge in [-0.2, -0.15) is 0 Å². The van der Waals surface area contributed by atoms with Crippen LogP contribution in [-0.2, 0) is 5.60 Å². The first-order chi connectivity index (χ1) is 8.64. The zero-order valence-electron chi connectivity index (χ0n) is 11.2. The van der Waals surface area contributed by atoms with Crippen molar-refractivity contribution in [1.82, 2.24) is 4.90 Å². The first kappa shape index (κ1) is 13.3. The molecule has 1 saturated heterocycles. The summed E-state index contributed by atoms with van der Waals surface area (Å²) < 4.78 is 0. The smallest absolute Gasteiger partial charge is 0.0897 e. The van der Waals surface area contributed by atoms with Gasteiger partial charge in [0.25, 0.3) is 0 Å². The van der Waals surface area contributed by atoms with E-state index in [-0.39, 0.29) is 0 Å². The molecule has 0 spiro atoms. The first-order valence-corrected chi connectivity index (χ1v) is 6.75. The molecule has 1 aliphatic heterocycles. The van der Waals surface area contributed by atoms with E-state index < -0.39 is 5.60 Å². The van der Waals surface area contributed by atoms with Crippen LogP contribution in [0.25, 0.3) is 0 Å². The zero-order chi connectivity index (χ0) is 13.0. The van der Waals surface area contributed by atoms with Crippen LogP contribution in [0.3, 0.4) is 0 Å². The van der Waals surface area contributed by atoms with Crippen molar-refractivity contribution in [3.05, 3.63) is 48.6 Å². The van der Waals surface area contributed by atoms with E-state index in [4.69, 9.17) is 0 Å². The van der Waals surface area contributed by atoms with Crippen molar-refractivity contribution in [2.45, 2.75) is 25.4 Å². The number of rotatable bonds is 4. The molecule has 2 heteroatoms. The van der Waals surface area contributed by atoms with Crippen LogP contribution in [0.2, 0.25) is 0 Å². The van der Waals surface area contributed by atoms with Crippen molar-refractivity contribution in [2.75, 3.05) is 19.6 Å². The van der Waals surface area contributed by atoms with Crippen molar-refractivity contribution in [3.8, 4) is 0 Å². The predicted molar refractivity (Wildman–Crippen MR) is 75.4 cm³/mol. The third-order valence-corrected chi connectivity index (χ3v) is 4.13. The van der Waals surface area contributed by atoms with Gasteiger partial charge in [0, 0.05) is 6.54 Å². The van der Waals surface area contributed by atoms with Gasteiger partial charge in [-0.15, -0.1) is 6.58 Å². The molecule has 1 aliphatic rings. The predicted octanol–water partition coefficient (Wildman–Crippen LogP) is 2.79. The molecule has 98 valence electrons. The Bertz CT molecular complexity index is 377. The van der Waals surface area contributed by atoms with Gasteiger partial charge in [0.2, 0.25) is 0 Å². The minimum Gasteiger partial charge on any atom is -0.385 e. The number of likely N-dealkylation sites (tertiary alicyclic amines) is 1. The summed E-state index contributed by atoms with van der Waals surface area (Å²) in [5.41, 5.74) is 0.328. The molecule has 1 aromatic carbocycles. The van der Waals surface area contributed by atoms with Crippen LogP contribution >= 0.6 is 0 Å². The van der Waals surface area contributed by atoms with Gasteiger partial charge in [0.1, 0.15) is 0 Å². The summed E-state index contributed by atoms with van der Waals surface area (Å²) in [6.45, 7) is 8.80. The third-order valence-electron chi connectivity index (χ3n) is 4.13. The lowest BCUT2D eigenvalue weighted by Crippen LogP contribution is -2.42. The highest BCUT2D eigenvalue weighted by molar-refractivity contribution is 5.22. The minimum atomic E-state index is -0.707. The molecule has 2 rings (SSSR count).